The van der Waals surface area contributed by atoms with E-state index >= 15 is 0 Å². The summed E-state index contributed by atoms with van der Waals surface area (Å²) in [5.74, 6) is 0. The second kappa shape index (κ2) is 5.38. The highest BCUT2D eigenvalue weighted by atomic mass is 32.2. The minimum atomic E-state index is -3.20. The Morgan fingerprint density at radius 2 is 2.11 bits per heavy atom. The Morgan fingerprint density at radius 3 is 2.56 bits per heavy atom. The third-order valence-electron chi connectivity index (χ3n) is 2.61. The van der Waals surface area contributed by atoms with Gasteiger partial charge in [0.25, 0.3) is 0 Å². The number of aryl methyl sites for hydroxylation is 1. The lowest BCUT2D eigenvalue weighted by Crippen LogP contribution is -2.50. The summed E-state index contributed by atoms with van der Waals surface area (Å²) in [6.45, 7) is 6.24. The van der Waals surface area contributed by atoms with E-state index in [0.29, 0.717) is 6.54 Å². The van der Waals surface area contributed by atoms with Crippen LogP contribution in [0.1, 0.15) is 32.5 Å². The van der Waals surface area contributed by atoms with Gasteiger partial charge >= 0.3 is 0 Å². The fourth-order valence-electron chi connectivity index (χ4n) is 1.86. The van der Waals surface area contributed by atoms with Gasteiger partial charge in [0.15, 0.2) is 0 Å². The molecule has 1 rings (SSSR count). The van der Waals surface area contributed by atoms with Gasteiger partial charge in [0.2, 0.25) is 10.0 Å². The van der Waals surface area contributed by atoms with Crippen LogP contribution in [0.5, 0.6) is 0 Å². The van der Waals surface area contributed by atoms with E-state index in [-0.39, 0.29) is 6.04 Å². The van der Waals surface area contributed by atoms with Crippen LogP contribution in [0.2, 0.25) is 0 Å². The summed E-state index contributed by atoms with van der Waals surface area (Å²) in [5, 5.41) is 7.41. The second-order valence-corrected chi connectivity index (χ2v) is 6.99. The molecule has 1 atom stereocenters. The van der Waals surface area contributed by atoms with Crippen molar-refractivity contribution in [1.82, 2.24) is 19.8 Å². The molecule has 7 heteroatoms. The predicted octanol–water partition coefficient (Wildman–Crippen LogP) is 0.399. The first-order valence-corrected chi connectivity index (χ1v) is 7.70. The first-order valence-electron chi connectivity index (χ1n) is 5.81. The second-order valence-electron chi connectivity index (χ2n) is 5.24. The molecular formula is C11H22N4O2S. The Balaban J connectivity index is 2.57. The Bertz CT molecular complexity index is 493. The summed E-state index contributed by atoms with van der Waals surface area (Å²) in [5.41, 5.74) is 0.533. The molecule has 18 heavy (non-hydrogen) atoms. The minimum Gasteiger partial charge on any atom is -0.307 e. The molecule has 0 aromatic carbocycles. The Morgan fingerprint density at radius 1 is 1.50 bits per heavy atom. The van der Waals surface area contributed by atoms with E-state index in [4.69, 9.17) is 0 Å². The molecule has 0 aliphatic heterocycles. The van der Waals surface area contributed by atoms with Gasteiger partial charge in [-0.1, -0.05) is 0 Å². The van der Waals surface area contributed by atoms with Crippen LogP contribution < -0.4 is 10.0 Å². The quantitative estimate of drug-likeness (QED) is 0.787. The molecule has 0 spiro atoms. The van der Waals surface area contributed by atoms with Crippen LogP contribution in [0, 0.1) is 0 Å². The van der Waals surface area contributed by atoms with Crippen LogP contribution in [-0.4, -0.2) is 36.5 Å². The zero-order valence-corrected chi connectivity index (χ0v) is 12.4. The highest BCUT2D eigenvalue weighted by Gasteiger charge is 2.23. The normalized spacial score (nSPS) is 14.7. The van der Waals surface area contributed by atoms with Gasteiger partial charge in [-0.2, -0.15) is 5.10 Å². The molecule has 104 valence electrons. The molecule has 0 aliphatic rings. The van der Waals surface area contributed by atoms with Gasteiger partial charge in [0.05, 0.1) is 11.9 Å². The van der Waals surface area contributed by atoms with Gasteiger partial charge in [-0.15, -0.1) is 0 Å². The average molecular weight is 274 g/mol. The summed E-state index contributed by atoms with van der Waals surface area (Å²) in [4.78, 5) is 0. The van der Waals surface area contributed by atoms with E-state index in [9.17, 15) is 8.42 Å². The molecule has 0 saturated carbocycles. The number of rotatable bonds is 6. The van der Waals surface area contributed by atoms with Crippen LogP contribution in [-0.2, 0) is 17.1 Å². The summed E-state index contributed by atoms with van der Waals surface area (Å²) in [6.07, 6.45) is 2.91. The highest BCUT2D eigenvalue weighted by Crippen LogP contribution is 2.12. The van der Waals surface area contributed by atoms with Crippen molar-refractivity contribution in [2.24, 2.45) is 7.05 Å². The molecule has 0 saturated heterocycles. The first-order chi connectivity index (χ1) is 8.11. The van der Waals surface area contributed by atoms with Gasteiger partial charge < -0.3 is 5.32 Å². The van der Waals surface area contributed by atoms with Crippen molar-refractivity contribution in [3.05, 3.63) is 18.0 Å². The zero-order valence-electron chi connectivity index (χ0n) is 11.6. The van der Waals surface area contributed by atoms with Gasteiger partial charge in [-0.3, -0.25) is 4.68 Å². The topological polar surface area (TPSA) is 76.0 Å². The van der Waals surface area contributed by atoms with Crippen molar-refractivity contribution in [2.75, 3.05) is 12.8 Å². The molecule has 1 aromatic rings. The van der Waals surface area contributed by atoms with Crippen LogP contribution >= 0.6 is 0 Å². The van der Waals surface area contributed by atoms with Crippen molar-refractivity contribution in [3.63, 3.8) is 0 Å². The standard InChI is InChI=1S/C11H22N4O2S/c1-9(10-6-7-13-15(10)4)12-8-11(2,3)14-18(5,16)17/h6-7,9,12,14H,8H2,1-5H3. The fourth-order valence-corrected chi connectivity index (χ4v) is 2.94. The lowest BCUT2D eigenvalue weighted by Gasteiger charge is -2.27. The fraction of sp³-hybridized carbons (Fsp3) is 0.727. The molecule has 2 N–H and O–H groups in total. The van der Waals surface area contributed by atoms with E-state index < -0.39 is 15.6 Å². The molecule has 0 bridgehead atoms. The molecule has 1 heterocycles. The Hall–Kier alpha value is -0.920. The number of nitrogens with one attached hydrogen (secondary N) is 2. The SMILES string of the molecule is CC(NCC(C)(C)NS(C)(=O)=O)c1ccnn1C. The van der Waals surface area contributed by atoms with Gasteiger partial charge in [-0.05, 0) is 26.8 Å². The lowest BCUT2D eigenvalue weighted by atomic mass is 10.1. The van der Waals surface area contributed by atoms with Gasteiger partial charge in [0.1, 0.15) is 0 Å². The van der Waals surface area contributed by atoms with E-state index in [2.05, 4.69) is 15.1 Å². The smallest absolute Gasteiger partial charge is 0.209 e. The number of hydrogen-bond acceptors (Lipinski definition) is 4. The van der Waals surface area contributed by atoms with Crippen molar-refractivity contribution in [2.45, 2.75) is 32.4 Å². The van der Waals surface area contributed by atoms with Crippen molar-refractivity contribution < 1.29 is 8.42 Å². The number of hydrogen-bond donors (Lipinski definition) is 2. The molecule has 0 amide bonds. The lowest BCUT2D eigenvalue weighted by molar-refractivity contribution is 0.392. The van der Waals surface area contributed by atoms with Crippen LogP contribution in [0.15, 0.2) is 12.3 Å². The van der Waals surface area contributed by atoms with Gasteiger partial charge in [0, 0.05) is 31.4 Å². The maximum atomic E-state index is 11.2. The summed E-state index contributed by atoms with van der Waals surface area (Å²) in [7, 11) is -1.32. The Labute approximate surface area is 109 Å². The van der Waals surface area contributed by atoms with E-state index in [1.54, 1.807) is 10.9 Å². The van der Waals surface area contributed by atoms with Crippen molar-refractivity contribution in [3.8, 4) is 0 Å². The van der Waals surface area contributed by atoms with Crippen LogP contribution in [0.3, 0.4) is 0 Å². The van der Waals surface area contributed by atoms with Crippen LogP contribution in [0.4, 0.5) is 0 Å². The van der Waals surface area contributed by atoms with Crippen molar-refractivity contribution in [1.29, 1.82) is 0 Å². The highest BCUT2D eigenvalue weighted by molar-refractivity contribution is 7.88. The third kappa shape index (κ3) is 4.75. The number of aromatic nitrogens is 2. The number of sulfonamides is 1. The molecule has 1 aromatic heterocycles. The van der Waals surface area contributed by atoms with E-state index in [1.807, 2.05) is 33.9 Å². The largest absolute Gasteiger partial charge is 0.307 e. The number of nitrogens with zero attached hydrogens (tertiary/aromatic N) is 2. The zero-order chi connectivity index (χ0) is 14.0. The predicted molar refractivity (Wildman–Crippen MR) is 71.7 cm³/mol. The minimum absolute atomic E-state index is 0.109. The molecule has 0 fully saturated rings. The van der Waals surface area contributed by atoms with Gasteiger partial charge in [-0.25, -0.2) is 13.1 Å². The molecule has 1 unspecified atom stereocenters. The summed E-state index contributed by atoms with van der Waals surface area (Å²) < 4.78 is 26.8. The molecular weight excluding hydrogens is 252 g/mol. The summed E-state index contributed by atoms with van der Waals surface area (Å²) in [6, 6.07) is 2.05. The third-order valence-corrected chi connectivity index (χ3v) is 3.54. The monoisotopic (exact) mass is 274 g/mol. The Kier molecular flexibility index (Phi) is 4.52. The maximum absolute atomic E-state index is 11.2. The van der Waals surface area contributed by atoms with Crippen LogP contribution in [0.25, 0.3) is 0 Å². The molecule has 0 radical (unpaired) electrons. The van der Waals surface area contributed by atoms with Crippen molar-refractivity contribution >= 4 is 10.0 Å². The maximum Gasteiger partial charge on any atom is 0.209 e. The first kappa shape index (κ1) is 15.1. The van der Waals surface area contributed by atoms with E-state index in [1.165, 1.54) is 6.26 Å². The van der Waals surface area contributed by atoms with E-state index in [0.717, 1.165) is 5.69 Å². The summed E-state index contributed by atoms with van der Waals surface area (Å²) >= 11 is 0. The molecule has 0 aliphatic carbocycles. The molecule has 6 nitrogen and oxygen atoms in total. The average Bonchev–Trinajstić information content (AvgIpc) is 2.57.